The smallest absolute Gasteiger partial charge is 0.0713 e. The van der Waals surface area contributed by atoms with Gasteiger partial charge in [-0.05, 0) is 110 Å². The SMILES string of the molecule is c1ccc(-c2ccc(N(c3ccc4ccc5c(c4c3)-c3ccccc3C5(c3ccccc3)c3ccccc3)c3ccc4c5ccccc5n(-c5ccccc5)c4c3)cc2)cc1. The topological polar surface area (TPSA) is 8.17 Å². The zero-order valence-electron chi connectivity index (χ0n) is 33.5. The number of para-hydroxylation sites is 2. The minimum atomic E-state index is -0.471. The predicted octanol–water partition coefficient (Wildman–Crippen LogP) is 15.4. The number of benzene rings is 10. The molecule has 1 aliphatic rings. The second-order valence-corrected chi connectivity index (χ2v) is 16.1. The molecule has 1 aliphatic carbocycles. The van der Waals surface area contributed by atoms with Gasteiger partial charge in [0.25, 0.3) is 0 Å². The van der Waals surface area contributed by atoms with Gasteiger partial charge >= 0.3 is 0 Å². The molecule has 10 aromatic carbocycles. The van der Waals surface area contributed by atoms with Crippen molar-refractivity contribution in [2.45, 2.75) is 5.41 Å². The van der Waals surface area contributed by atoms with E-state index in [1.807, 2.05) is 0 Å². The van der Waals surface area contributed by atoms with E-state index in [0.717, 1.165) is 22.7 Å². The van der Waals surface area contributed by atoms with Crippen LogP contribution in [0.15, 0.2) is 243 Å². The monoisotopic (exact) mass is 776 g/mol. The van der Waals surface area contributed by atoms with Gasteiger partial charge in [-0.25, -0.2) is 0 Å². The van der Waals surface area contributed by atoms with Crippen molar-refractivity contribution in [1.82, 2.24) is 4.57 Å². The first-order chi connectivity index (χ1) is 30.3. The lowest BCUT2D eigenvalue weighted by molar-refractivity contribution is 0.769. The van der Waals surface area contributed by atoms with E-state index in [1.165, 1.54) is 77.1 Å². The summed E-state index contributed by atoms with van der Waals surface area (Å²) in [4.78, 5) is 2.43. The van der Waals surface area contributed by atoms with E-state index in [0.29, 0.717) is 0 Å². The number of aromatic nitrogens is 1. The number of fused-ring (bicyclic) bond motifs is 8. The molecule has 0 saturated heterocycles. The Morgan fingerprint density at radius 1 is 0.344 bits per heavy atom. The highest BCUT2D eigenvalue weighted by Crippen LogP contribution is 2.58. The van der Waals surface area contributed by atoms with Crippen molar-refractivity contribution >= 4 is 49.6 Å². The highest BCUT2D eigenvalue weighted by Gasteiger charge is 2.46. The molecule has 0 fully saturated rings. The molecule has 0 N–H and O–H groups in total. The predicted molar refractivity (Wildman–Crippen MR) is 256 cm³/mol. The zero-order valence-corrected chi connectivity index (χ0v) is 33.5. The Kier molecular flexibility index (Phi) is 8.11. The van der Waals surface area contributed by atoms with Crippen molar-refractivity contribution in [2.24, 2.45) is 0 Å². The summed E-state index contributed by atoms with van der Waals surface area (Å²) < 4.78 is 2.40. The second-order valence-electron chi connectivity index (χ2n) is 16.1. The van der Waals surface area contributed by atoms with Crippen LogP contribution in [-0.2, 0) is 5.41 Å². The molecule has 286 valence electrons. The second kappa shape index (κ2) is 14.1. The Balaban J connectivity index is 1.12. The van der Waals surface area contributed by atoms with Gasteiger partial charge in [0.15, 0.2) is 0 Å². The fraction of sp³-hybridized carbons (Fsp3) is 0.0169. The number of nitrogens with zero attached hydrogens (tertiary/aromatic N) is 2. The highest BCUT2D eigenvalue weighted by atomic mass is 15.1. The van der Waals surface area contributed by atoms with E-state index in [1.54, 1.807) is 0 Å². The molecule has 11 aromatic rings. The molecule has 61 heavy (non-hydrogen) atoms. The number of anilines is 3. The summed E-state index contributed by atoms with van der Waals surface area (Å²) in [5.74, 6) is 0. The Morgan fingerprint density at radius 3 is 1.62 bits per heavy atom. The van der Waals surface area contributed by atoms with Crippen LogP contribution in [0.4, 0.5) is 17.1 Å². The van der Waals surface area contributed by atoms with Crippen molar-refractivity contribution in [3.8, 4) is 27.9 Å². The Bertz CT molecular complexity index is 3350. The van der Waals surface area contributed by atoms with Crippen LogP contribution in [0.25, 0.3) is 60.5 Å². The van der Waals surface area contributed by atoms with Gasteiger partial charge in [0.05, 0.1) is 16.4 Å². The largest absolute Gasteiger partial charge is 0.310 e. The quantitative estimate of drug-likeness (QED) is 0.156. The van der Waals surface area contributed by atoms with Crippen LogP contribution in [0.3, 0.4) is 0 Å². The van der Waals surface area contributed by atoms with Crippen molar-refractivity contribution < 1.29 is 0 Å². The third kappa shape index (κ3) is 5.43. The van der Waals surface area contributed by atoms with Crippen LogP contribution < -0.4 is 4.90 Å². The molecule has 1 heterocycles. The van der Waals surface area contributed by atoms with Crippen molar-refractivity contribution in [3.63, 3.8) is 0 Å². The Morgan fingerprint density at radius 2 is 0.885 bits per heavy atom. The molecule has 0 aliphatic heterocycles. The van der Waals surface area contributed by atoms with Gasteiger partial charge in [-0.2, -0.15) is 0 Å². The van der Waals surface area contributed by atoms with Gasteiger partial charge in [-0.1, -0.05) is 188 Å². The van der Waals surface area contributed by atoms with Crippen LogP contribution in [-0.4, -0.2) is 4.57 Å². The van der Waals surface area contributed by atoms with Gasteiger partial charge in [0.1, 0.15) is 0 Å². The maximum absolute atomic E-state index is 2.43. The lowest BCUT2D eigenvalue weighted by Crippen LogP contribution is -2.28. The molecule has 0 atom stereocenters. The summed E-state index contributed by atoms with van der Waals surface area (Å²) in [5, 5.41) is 4.93. The fourth-order valence-corrected chi connectivity index (χ4v) is 10.2. The standard InChI is InChI=1S/C59H40N2/c1-5-17-41(18-6-1)42-29-33-47(34-30-42)60(49-36-37-51-50-25-14-16-28-56(50)61(57(51)40-49)46-23-11-4-12-24-46)48-35-31-43-32-38-55-58(53(43)39-48)52-26-13-15-27-54(52)59(55,44-19-7-2-8-20-44)45-21-9-3-10-22-45/h1-40H. The first-order valence-corrected chi connectivity index (χ1v) is 21.1. The maximum Gasteiger partial charge on any atom is 0.0713 e. The Hall–Kier alpha value is -7.94. The van der Waals surface area contributed by atoms with Crippen LogP contribution in [0.5, 0.6) is 0 Å². The van der Waals surface area contributed by atoms with Gasteiger partial charge in [0, 0.05) is 33.5 Å². The van der Waals surface area contributed by atoms with Crippen LogP contribution in [0.1, 0.15) is 22.3 Å². The number of rotatable bonds is 7. The van der Waals surface area contributed by atoms with Crippen LogP contribution >= 0.6 is 0 Å². The molecule has 2 nitrogen and oxygen atoms in total. The van der Waals surface area contributed by atoms with E-state index in [9.17, 15) is 0 Å². The molecule has 0 radical (unpaired) electrons. The minimum Gasteiger partial charge on any atom is -0.310 e. The Labute approximate surface area is 355 Å². The van der Waals surface area contributed by atoms with Crippen LogP contribution in [0.2, 0.25) is 0 Å². The molecule has 2 heteroatoms. The maximum atomic E-state index is 2.43. The van der Waals surface area contributed by atoms with Gasteiger partial charge in [-0.3, -0.25) is 0 Å². The first-order valence-electron chi connectivity index (χ1n) is 21.1. The van der Waals surface area contributed by atoms with E-state index in [2.05, 4.69) is 252 Å². The summed E-state index contributed by atoms with van der Waals surface area (Å²) in [5.41, 5.74) is 16.4. The molecular weight excluding hydrogens is 737 g/mol. The normalized spacial score (nSPS) is 12.7. The van der Waals surface area contributed by atoms with Gasteiger partial charge in [0.2, 0.25) is 0 Å². The molecule has 12 rings (SSSR count). The van der Waals surface area contributed by atoms with E-state index in [-0.39, 0.29) is 0 Å². The summed E-state index contributed by atoms with van der Waals surface area (Å²) in [6.45, 7) is 0. The molecular formula is C59H40N2. The molecule has 0 unspecified atom stereocenters. The fourth-order valence-electron chi connectivity index (χ4n) is 10.2. The van der Waals surface area contributed by atoms with Crippen LogP contribution in [0, 0.1) is 0 Å². The van der Waals surface area contributed by atoms with Crippen molar-refractivity contribution in [1.29, 1.82) is 0 Å². The lowest BCUT2D eigenvalue weighted by Gasteiger charge is -2.34. The third-order valence-electron chi connectivity index (χ3n) is 12.8. The first kappa shape index (κ1) is 35.0. The molecule has 0 bridgehead atoms. The summed E-state index contributed by atoms with van der Waals surface area (Å²) in [6, 6.07) is 89.0. The zero-order chi connectivity index (χ0) is 40.3. The van der Waals surface area contributed by atoms with Gasteiger partial charge < -0.3 is 9.47 Å². The van der Waals surface area contributed by atoms with E-state index >= 15 is 0 Å². The minimum absolute atomic E-state index is 0.471. The van der Waals surface area contributed by atoms with E-state index < -0.39 is 5.41 Å². The average molecular weight is 777 g/mol. The summed E-state index contributed by atoms with van der Waals surface area (Å²) in [7, 11) is 0. The molecule has 0 saturated carbocycles. The number of hydrogen-bond acceptors (Lipinski definition) is 1. The molecule has 0 spiro atoms. The third-order valence-corrected chi connectivity index (χ3v) is 12.8. The highest BCUT2D eigenvalue weighted by molar-refractivity contribution is 6.11. The summed E-state index contributed by atoms with van der Waals surface area (Å²) in [6.07, 6.45) is 0. The lowest BCUT2D eigenvalue weighted by atomic mass is 9.67. The van der Waals surface area contributed by atoms with E-state index in [4.69, 9.17) is 0 Å². The van der Waals surface area contributed by atoms with Crippen molar-refractivity contribution in [3.05, 3.63) is 265 Å². The number of hydrogen-bond donors (Lipinski definition) is 0. The average Bonchev–Trinajstić information content (AvgIpc) is 3.84. The van der Waals surface area contributed by atoms with Crippen molar-refractivity contribution in [2.75, 3.05) is 4.90 Å². The molecule has 0 amide bonds. The molecule has 1 aromatic heterocycles. The summed E-state index contributed by atoms with van der Waals surface area (Å²) >= 11 is 0. The van der Waals surface area contributed by atoms with Gasteiger partial charge in [-0.15, -0.1) is 0 Å².